The number of nitrogens with zero attached hydrogens (tertiary/aromatic N) is 2. The lowest BCUT2D eigenvalue weighted by molar-refractivity contribution is -0.825. The van der Waals surface area contributed by atoms with Crippen LogP contribution in [0.3, 0.4) is 0 Å². The van der Waals surface area contributed by atoms with E-state index in [1.807, 2.05) is 113 Å². The first-order valence-electron chi connectivity index (χ1n) is 11.4. The number of aldehydes is 1. The van der Waals surface area contributed by atoms with Crippen LogP contribution in [-0.4, -0.2) is 53.5 Å². The highest BCUT2D eigenvalue weighted by atomic mass is 16.5. The Balaban J connectivity index is 0.000000239. The number of nitrogens with two attached hydrogens (primary N) is 1. The summed E-state index contributed by atoms with van der Waals surface area (Å²) in [5, 5.41) is 12.1. The number of imidazole rings is 1. The summed E-state index contributed by atoms with van der Waals surface area (Å²) in [7, 11) is 5.73. The van der Waals surface area contributed by atoms with Gasteiger partial charge in [-0.15, -0.1) is 0 Å². The van der Waals surface area contributed by atoms with E-state index in [0.29, 0.717) is 0 Å². The molecule has 0 saturated carbocycles. The monoisotopic (exact) mass is 462 g/mol. The van der Waals surface area contributed by atoms with E-state index < -0.39 is 0 Å². The van der Waals surface area contributed by atoms with Gasteiger partial charge in [-0.25, -0.2) is 10.2 Å². The number of H-pyrrole nitrogens is 1. The van der Waals surface area contributed by atoms with Gasteiger partial charge in [0.2, 0.25) is 0 Å². The Morgan fingerprint density at radius 1 is 1.06 bits per heavy atom. The van der Waals surface area contributed by atoms with Crippen molar-refractivity contribution >= 4 is 28.7 Å². The van der Waals surface area contributed by atoms with Gasteiger partial charge in [0.05, 0.1) is 17.1 Å². The maximum Gasteiger partial charge on any atom is 0.163 e. The number of hydrogen-bond acceptors (Lipinski definition) is 5. The van der Waals surface area contributed by atoms with E-state index in [9.17, 15) is 4.79 Å². The molecule has 1 unspecified atom stereocenters. The molecule has 1 aromatic heterocycles. The van der Waals surface area contributed by atoms with Crippen molar-refractivity contribution in [3.05, 3.63) is 78.4 Å². The number of benzene rings is 3. The number of fused-ring (bicyclic) bond motifs is 1. The predicted molar refractivity (Wildman–Crippen MR) is 139 cm³/mol. The number of quaternary nitrogens is 1. The molecular formula is C27H36N5O2+. The molecule has 7 nitrogen and oxygen atoms in total. The van der Waals surface area contributed by atoms with Gasteiger partial charge >= 0.3 is 0 Å². The first-order chi connectivity index (χ1) is 16.5. The zero-order valence-corrected chi connectivity index (χ0v) is 20.6. The third-order valence-corrected chi connectivity index (χ3v) is 5.21. The second-order valence-electron chi connectivity index (χ2n) is 7.68. The van der Waals surface area contributed by atoms with Crippen molar-refractivity contribution in [1.82, 2.24) is 14.9 Å². The average Bonchev–Trinajstić information content (AvgIpc) is 3.32. The van der Waals surface area contributed by atoms with Crippen molar-refractivity contribution in [1.29, 1.82) is 0 Å². The Kier molecular flexibility index (Phi) is 10.9. The highest BCUT2D eigenvalue weighted by molar-refractivity contribution is 5.81. The van der Waals surface area contributed by atoms with Gasteiger partial charge in [0.25, 0.3) is 0 Å². The van der Waals surface area contributed by atoms with E-state index in [1.54, 1.807) is 0 Å². The van der Waals surface area contributed by atoms with Gasteiger partial charge in [0, 0.05) is 30.4 Å². The lowest BCUT2D eigenvalue weighted by Gasteiger charge is -2.17. The number of aromatic amines is 1. The van der Waals surface area contributed by atoms with E-state index in [0.717, 1.165) is 52.0 Å². The van der Waals surface area contributed by atoms with Crippen LogP contribution < -0.4 is 10.8 Å². The number of hydrogen-bond donors (Lipinski definition) is 4. The highest BCUT2D eigenvalue weighted by Crippen LogP contribution is 2.22. The largest absolute Gasteiger partial charge is 0.388 e. The zero-order chi connectivity index (χ0) is 24.9. The van der Waals surface area contributed by atoms with Crippen molar-refractivity contribution in [3.8, 4) is 11.4 Å². The molecule has 3 aromatic carbocycles. The van der Waals surface area contributed by atoms with Crippen molar-refractivity contribution < 1.29 is 15.5 Å². The molecule has 0 aliphatic heterocycles. The van der Waals surface area contributed by atoms with Gasteiger partial charge < -0.3 is 15.1 Å². The fourth-order valence-electron chi connectivity index (χ4n) is 3.25. The summed E-state index contributed by atoms with van der Waals surface area (Å²) in [5.74, 6) is 0.827. The Labute approximate surface area is 201 Å². The second kappa shape index (κ2) is 13.9. The quantitative estimate of drug-likeness (QED) is 0.187. The normalized spacial score (nSPS) is 11.1. The van der Waals surface area contributed by atoms with Crippen LogP contribution in [0.15, 0.2) is 72.8 Å². The van der Waals surface area contributed by atoms with E-state index in [1.165, 1.54) is 5.56 Å². The summed E-state index contributed by atoms with van der Waals surface area (Å²) < 4.78 is 0. The molecule has 0 saturated heterocycles. The summed E-state index contributed by atoms with van der Waals surface area (Å²) in [6.07, 6.45) is 1.78. The number of carbonyl (C=O) groups excluding carboxylic acids is 1. The van der Waals surface area contributed by atoms with Crippen LogP contribution in [0.1, 0.15) is 19.4 Å². The fraction of sp³-hybridized carbons (Fsp3) is 0.259. The molecule has 0 bridgehead atoms. The number of anilines is 1. The summed E-state index contributed by atoms with van der Waals surface area (Å²) in [6.45, 7) is 4.00. The summed E-state index contributed by atoms with van der Waals surface area (Å²) >= 11 is 0. The maximum atomic E-state index is 10.7. The van der Waals surface area contributed by atoms with Gasteiger partial charge in [-0.05, 0) is 56.4 Å². The molecule has 0 aliphatic rings. The number of carbonyl (C=O) groups is 1. The third-order valence-electron chi connectivity index (χ3n) is 5.21. The van der Waals surface area contributed by atoms with Gasteiger partial charge in [0.1, 0.15) is 12.1 Å². The summed E-state index contributed by atoms with van der Waals surface area (Å²) in [6, 6.07) is 23.7. The number of aromatic nitrogens is 2. The first-order valence-corrected chi connectivity index (χ1v) is 11.4. The van der Waals surface area contributed by atoms with Gasteiger partial charge in [0.15, 0.2) is 5.69 Å². The molecule has 0 radical (unpaired) electrons. The minimum absolute atomic E-state index is 0.0117. The van der Waals surface area contributed by atoms with Gasteiger partial charge in [-0.3, -0.25) is 4.90 Å². The van der Waals surface area contributed by atoms with Crippen molar-refractivity contribution in [3.63, 3.8) is 0 Å². The summed E-state index contributed by atoms with van der Waals surface area (Å²) in [4.78, 5) is 20.4. The van der Waals surface area contributed by atoms with Crippen LogP contribution in [0, 0.1) is 0 Å². The Morgan fingerprint density at radius 3 is 2.29 bits per heavy atom. The van der Waals surface area contributed by atoms with Crippen LogP contribution in [0.4, 0.5) is 11.4 Å². The molecule has 0 amide bonds. The van der Waals surface area contributed by atoms with Crippen molar-refractivity contribution in [2.45, 2.75) is 26.3 Å². The molecule has 4 aromatic rings. The molecule has 1 atom stereocenters. The van der Waals surface area contributed by atoms with E-state index >= 15 is 0 Å². The Morgan fingerprint density at radius 2 is 1.74 bits per heavy atom. The molecular weight excluding hydrogens is 426 g/mol. The topological polar surface area (TPSA) is 97.9 Å². The van der Waals surface area contributed by atoms with Crippen LogP contribution in [0.5, 0.6) is 0 Å². The zero-order valence-electron chi connectivity index (χ0n) is 20.6. The lowest BCUT2D eigenvalue weighted by Crippen LogP contribution is -2.73. The average molecular weight is 463 g/mol. The van der Waals surface area contributed by atoms with Gasteiger partial charge in [-0.1, -0.05) is 44.2 Å². The summed E-state index contributed by atoms with van der Waals surface area (Å²) in [5.41, 5.74) is 6.94. The molecule has 180 valence electrons. The third kappa shape index (κ3) is 7.52. The van der Waals surface area contributed by atoms with Crippen molar-refractivity contribution in [2.24, 2.45) is 0 Å². The van der Waals surface area contributed by atoms with E-state index in [-0.39, 0.29) is 6.04 Å². The van der Waals surface area contributed by atoms with E-state index in [4.69, 9.17) is 5.21 Å². The fourth-order valence-corrected chi connectivity index (χ4v) is 3.25. The molecule has 34 heavy (non-hydrogen) atoms. The lowest BCUT2D eigenvalue weighted by atomic mass is 10.1. The molecule has 0 spiro atoms. The molecule has 0 aliphatic carbocycles. The number of likely N-dealkylation sites (N-methyl/N-ethyl adjacent to an activating group) is 1. The minimum atomic E-state index is -0.0117. The SMILES string of the molecule is CC.CN(C)C(C=O)Cc1ccccc1.CNc1ccc(-c2nc3ccc([NH2+]O)cc3[nH]2)cc1. The van der Waals surface area contributed by atoms with Crippen LogP contribution in [0.2, 0.25) is 0 Å². The van der Waals surface area contributed by atoms with Crippen LogP contribution >= 0.6 is 0 Å². The molecule has 1 heterocycles. The molecule has 0 fully saturated rings. The maximum absolute atomic E-state index is 10.7. The molecule has 4 rings (SSSR count). The highest BCUT2D eigenvalue weighted by Gasteiger charge is 2.10. The van der Waals surface area contributed by atoms with E-state index in [2.05, 4.69) is 15.3 Å². The van der Waals surface area contributed by atoms with Crippen LogP contribution in [0.25, 0.3) is 22.4 Å². The number of rotatable bonds is 7. The second-order valence-corrected chi connectivity index (χ2v) is 7.68. The first kappa shape index (κ1) is 26.7. The standard InChI is InChI=1S/C14H14N4O.C11H15NO.C2H6/c1-15-10-4-2-9(3-5-10)14-16-12-7-6-11(18-19)8-13(12)17-14;1-12(2)11(9-13)8-10-6-4-3-5-7-10;1-2/h2-8,15,18-19H,1H3,(H,16,17);3-7,9,11H,8H2,1-2H3;1-2H3/p+1. The number of nitrogens with one attached hydrogen (secondary N) is 2. The Hall–Kier alpha value is -3.52. The Bertz CT molecular complexity index is 1120. The van der Waals surface area contributed by atoms with Crippen LogP contribution in [-0.2, 0) is 11.2 Å². The van der Waals surface area contributed by atoms with Crippen molar-refractivity contribution in [2.75, 3.05) is 26.5 Å². The molecule has 5 N–H and O–H groups in total. The smallest absolute Gasteiger partial charge is 0.163 e. The minimum Gasteiger partial charge on any atom is -0.388 e. The predicted octanol–water partition coefficient (Wildman–Crippen LogP) is 4.24. The van der Waals surface area contributed by atoms with Gasteiger partial charge in [-0.2, -0.15) is 5.48 Å². The molecule has 7 heteroatoms.